The minimum atomic E-state index is -4.26. The van der Waals surface area contributed by atoms with Crippen LogP contribution in [0.2, 0.25) is 5.02 Å². The molecule has 0 fully saturated rings. The zero-order valence-electron chi connectivity index (χ0n) is 26.1. The summed E-state index contributed by atoms with van der Waals surface area (Å²) in [6.07, 6.45) is 0.220. The summed E-state index contributed by atoms with van der Waals surface area (Å²) in [7, 11) is -2.80. The molecule has 1 atom stereocenters. The van der Waals surface area contributed by atoms with E-state index >= 15 is 0 Å². The Morgan fingerprint density at radius 1 is 0.913 bits per heavy atom. The van der Waals surface area contributed by atoms with Gasteiger partial charge in [0.2, 0.25) is 11.8 Å². The van der Waals surface area contributed by atoms with Crippen LogP contribution in [0.5, 0.6) is 5.75 Å². The van der Waals surface area contributed by atoms with Crippen molar-refractivity contribution in [2.24, 2.45) is 0 Å². The van der Waals surface area contributed by atoms with Gasteiger partial charge in [-0.25, -0.2) is 8.42 Å². The first kappa shape index (κ1) is 35.0. The van der Waals surface area contributed by atoms with Crippen LogP contribution in [0.25, 0.3) is 0 Å². The highest BCUT2D eigenvalue weighted by molar-refractivity contribution is 9.10. The highest BCUT2D eigenvalue weighted by Crippen LogP contribution is 2.32. The molecule has 0 unspecified atom stereocenters. The van der Waals surface area contributed by atoms with E-state index in [1.165, 1.54) is 36.3 Å². The number of benzene rings is 4. The zero-order valence-corrected chi connectivity index (χ0v) is 29.3. The number of carbonyl (C=O) groups is 2. The smallest absolute Gasteiger partial charge is 0.264 e. The van der Waals surface area contributed by atoms with E-state index < -0.39 is 28.5 Å². The molecular formula is C35H37BrClN3O5S. The molecule has 0 aliphatic rings. The van der Waals surface area contributed by atoms with Gasteiger partial charge in [-0.2, -0.15) is 0 Å². The van der Waals surface area contributed by atoms with Crippen molar-refractivity contribution in [3.63, 3.8) is 0 Å². The van der Waals surface area contributed by atoms with Gasteiger partial charge in [0.15, 0.2) is 0 Å². The Labute approximate surface area is 284 Å². The highest BCUT2D eigenvalue weighted by Gasteiger charge is 2.35. The summed E-state index contributed by atoms with van der Waals surface area (Å²) in [6, 6.07) is 26.6. The summed E-state index contributed by atoms with van der Waals surface area (Å²) in [5.74, 6) is -0.556. The van der Waals surface area contributed by atoms with Gasteiger partial charge in [-0.15, -0.1) is 0 Å². The Kier molecular flexibility index (Phi) is 11.9. The molecule has 11 heteroatoms. The van der Waals surface area contributed by atoms with Gasteiger partial charge in [0.05, 0.1) is 22.7 Å². The quantitative estimate of drug-likeness (QED) is 0.164. The number of ether oxygens (including phenoxy) is 1. The molecule has 0 aromatic heterocycles. The first-order valence-corrected chi connectivity index (χ1v) is 17.3. The zero-order chi connectivity index (χ0) is 33.4. The van der Waals surface area contributed by atoms with Gasteiger partial charge in [0, 0.05) is 23.5 Å². The fraction of sp³-hybridized carbons (Fsp3) is 0.257. The van der Waals surface area contributed by atoms with E-state index in [0.29, 0.717) is 5.75 Å². The lowest BCUT2D eigenvalue weighted by atomic mass is 10.0. The van der Waals surface area contributed by atoms with Crippen LogP contribution in [0.3, 0.4) is 0 Å². The molecule has 0 aliphatic carbocycles. The monoisotopic (exact) mass is 725 g/mol. The van der Waals surface area contributed by atoms with Crippen molar-refractivity contribution < 1.29 is 22.7 Å². The molecule has 46 heavy (non-hydrogen) atoms. The van der Waals surface area contributed by atoms with Gasteiger partial charge in [0.1, 0.15) is 18.3 Å². The Balaban J connectivity index is 1.83. The molecule has 0 saturated heterocycles. The van der Waals surface area contributed by atoms with Crippen molar-refractivity contribution >= 4 is 55.1 Å². The van der Waals surface area contributed by atoms with Crippen molar-refractivity contribution in [2.45, 2.75) is 50.7 Å². The normalized spacial score (nSPS) is 12.0. The molecule has 242 valence electrons. The standard InChI is InChI=1S/C35H37BrClN3O5S/c1-24(2)38-35(42)32(20-26-9-6-5-7-10-26)39(22-27-11-8-12-28(36)19-27)34(41)23-40(29-15-18-33(45-4)31(37)21-29)46(43,44)30-16-13-25(3)14-17-30/h5-19,21,24,32H,20,22-23H2,1-4H3,(H,38,42)/t32-/m1/s1. The van der Waals surface area contributed by atoms with E-state index in [-0.39, 0.29) is 40.5 Å². The Morgan fingerprint density at radius 3 is 2.20 bits per heavy atom. The maximum atomic E-state index is 14.5. The summed E-state index contributed by atoms with van der Waals surface area (Å²) >= 11 is 9.94. The minimum absolute atomic E-state index is 0.00904. The number of rotatable bonds is 13. The summed E-state index contributed by atoms with van der Waals surface area (Å²) < 4.78 is 35.5. The van der Waals surface area contributed by atoms with E-state index in [4.69, 9.17) is 16.3 Å². The molecular weight excluding hydrogens is 690 g/mol. The number of aryl methyl sites for hydroxylation is 1. The first-order chi connectivity index (χ1) is 21.9. The largest absolute Gasteiger partial charge is 0.495 e. The predicted octanol–water partition coefficient (Wildman–Crippen LogP) is 6.78. The third-order valence-corrected chi connectivity index (χ3v) is 9.83. The number of sulfonamides is 1. The number of amides is 2. The molecule has 0 radical (unpaired) electrons. The highest BCUT2D eigenvalue weighted by atomic mass is 79.9. The van der Waals surface area contributed by atoms with Gasteiger partial charge in [0.25, 0.3) is 10.0 Å². The molecule has 0 heterocycles. The van der Waals surface area contributed by atoms with Crippen LogP contribution in [-0.2, 0) is 32.6 Å². The lowest BCUT2D eigenvalue weighted by molar-refractivity contribution is -0.140. The van der Waals surface area contributed by atoms with Crippen LogP contribution in [0.4, 0.5) is 5.69 Å². The second-order valence-electron chi connectivity index (χ2n) is 11.2. The predicted molar refractivity (Wildman–Crippen MR) is 186 cm³/mol. The number of nitrogens with one attached hydrogen (secondary N) is 1. The van der Waals surface area contributed by atoms with Crippen molar-refractivity contribution in [3.05, 3.63) is 123 Å². The summed E-state index contributed by atoms with van der Waals surface area (Å²) in [5, 5.41) is 3.14. The van der Waals surface area contributed by atoms with Crippen molar-refractivity contribution in [3.8, 4) is 5.75 Å². The SMILES string of the molecule is COc1ccc(N(CC(=O)N(Cc2cccc(Br)c2)[C@H](Cc2ccccc2)C(=O)NC(C)C)S(=O)(=O)c2ccc(C)cc2)cc1Cl. The number of halogens is 2. The van der Waals surface area contributed by atoms with E-state index in [1.807, 2.05) is 75.4 Å². The first-order valence-electron chi connectivity index (χ1n) is 14.7. The molecule has 4 aromatic carbocycles. The van der Waals surface area contributed by atoms with Crippen molar-refractivity contribution in [2.75, 3.05) is 18.0 Å². The lowest BCUT2D eigenvalue weighted by Crippen LogP contribution is -2.54. The summed E-state index contributed by atoms with van der Waals surface area (Å²) in [4.78, 5) is 29.8. The number of hydrogen-bond acceptors (Lipinski definition) is 5. The number of hydrogen-bond donors (Lipinski definition) is 1. The average molecular weight is 727 g/mol. The molecule has 4 aromatic rings. The third kappa shape index (κ3) is 8.90. The van der Waals surface area contributed by atoms with Crippen LogP contribution < -0.4 is 14.4 Å². The number of nitrogens with zero attached hydrogens (tertiary/aromatic N) is 2. The molecule has 0 bridgehead atoms. The van der Waals surface area contributed by atoms with Gasteiger partial charge >= 0.3 is 0 Å². The number of anilines is 1. The summed E-state index contributed by atoms with van der Waals surface area (Å²) in [6.45, 7) is 5.02. The fourth-order valence-electron chi connectivity index (χ4n) is 4.94. The topological polar surface area (TPSA) is 96.0 Å². The minimum Gasteiger partial charge on any atom is -0.495 e. The van der Waals surface area contributed by atoms with E-state index in [1.54, 1.807) is 18.2 Å². The van der Waals surface area contributed by atoms with Gasteiger partial charge in [-0.1, -0.05) is 87.7 Å². The number of methoxy groups -OCH3 is 1. The molecule has 0 saturated carbocycles. The second-order valence-corrected chi connectivity index (χ2v) is 14.3. The van der Waals surface area contributed by atoms with E-state index in [0.717, 1.165) is 25.5 Å². The van der Waals surface area contributed by atoms with Crippen LogP contribution in [0.1, 0.15) is 30.5 Å². The average Bonchev–Trinajstić information content (AvgIpc) is 3.01. The second kappa shape index (κ2) is 15.6. The van der Waals surface area contributed by atoms with Crippen LogP contribution in [0, 0.1) is 6.92 Å². The van der Waals surface area contributed by atoms with Gasteiger partial charge in [-0.3, -0.25) is 13.9 Å². The van der Waals surface area contributed by atoms with Crippen molar-refractivity contribution in [1.29, 1.82) is 0 Å². The molecule has 0 aliphatic heterocycles. The van der Waals surface area contributed by atoms with Gasteiger partial charge < -0.3 is 15.0 Å². The maximum Gasteiger partial charge on any atom is 0.264 e. The molecule has 4 rings (SSSR count). The van der Waals surface area contributed by atoms with E-state index in [9.17, 15) is 18.0 Å². The Hall–Kier alpha value is -3.86. The van der Waals surface area contributed by atoms with Crippen LogP contribution in [0.15, 0.2) is 106 Å². The number of carbonyl (C=O) groups excluding carboxylic acids is 2. The lowest BCUT2D eigenvalue weighted by Gasteiger charge is -2.34. The third-order valence-electron chi connectivity index (χ3n) is 7.26. The Bertz CT molecular complexity index is 1770. The molecule has 8 nitrogen and oxygen atoms in total. The molecule has 2 amide bonds. The summed E-state index contributed by atoms with van der Waals surface area (Å²) in [5.41, 5.74) is 2.67. The maximum absolute atomic E-state index is 14.5. The molecule has 0 spiro atoms. The fourth-order valence-corrected chi connectivity index (χ4v) is 7.05. The van der Waals surface area contributed by atoms with Crippen LogP contribution >= 0.6 is 27.5 Å². The van der Waals surface area contributed by atoms with Crippen LogP contribution in [-0.4, -0.2) is 50.9 Å². The van der Waals surface area contributed by atoms with Gasteiger partial charge in [-0.05, 0) is 74.4 Å². The van der Waals surface area contributed by atoms with E-state index in [2.05, 4.69) is 21.2 Å². The molecule has 1 N–H and O–H groups in total. The Morgan fingerprint density at radius 2 is 1.59 bits per heavy atom. The van der Waals surface area contributed by atoms with Crippen molar-refractivity contribution in [1.82, 2.24) is 10.2 Å².